The summed E-state index contributed by atoms with van der Waals surface area (Å²) in [7, 11) is 0. The predicted molar refractivity (Wildman–Crippen MR) is 116 cm³/mol. The van der Waals surface area contributed by atoms with E-state index in [1.165, 1.54) is 11.6 Å². The average Bonchev–Trinajstić information content (AvgIpc) is 2.77. The molecule has 3 heteroatoms. The Bertz CT molecular complexity index is 1090. The van der Waals surface area contributed by atoms with Crippen LogP contribution >= 0.6 is 0 Å². The highest BCUT2D eigenvalue weighted by Gasteiger charge is 2.12. The zero-order chi connectivity index (χ0) is 20.1. The maximum absolute atomic E-state index is 14.0. The lowest BCUT2D eigenvalue weighted by Gasteiger charge is -2.18. The molecule has 146 valence electrons. The molecular formula is C26H24FNO. The highest BCUT2D eigenvalue weighted by Crippen LogP contribution is 2.29. The number of hydrogen-bond acceptors (Lipinski definition) is 2. The molecule has 1 atom stereocenters. The quantitative estimate of drug-likeness (QED) is 0.397. The predicted octanol–water partition coefficient (Wildman–Crippen LogP) is 6.41. The first kappa shape index (κ1) is 19.2. The smallest absolute Gasteiger partial charge is 0.129 e. The van der Waals surface area contributed by atoms with Gasteiger partial charge < -0.3 is 10.1 Å². The van der Waals surface area contributed by atoms with Crippen LogP contribution in [0.3, 0.4) is 0 Å². The normalized spacial score (nSPS) is 12.1. The highest BCUT2D eigenvalue weighted by atomic mass is 19.1. The van der Waals surface area contributed by atoms with Crippen LogP contribution in [-0.4, -0.2) is 0 Å². The second-order valence-electron chi connectivity index (χ2n) is 7.16. The van der Waals surface area contributed by atoms with Gasteiger partial charge in [0.15, 0.2) is 0 Å². The SMILES string of the molecule is C[C@@H](NCc1c(OCc2ccccc2F)ccc2ccccc12)c1ccccc1. The van der Waals surface area contributed by atoms with Crippen LogP contribution in [0.5, 0.6) is 5.75 Å². The summed E-state index contributed by atoms with van der Waals surface area (Å²) < 4.78 is 20.1. The summed E-state index contributed by atoms with van der Waals surface area (Å²) >= 11 is 0. The van der Waals surface area contributed by atoms with Gasteiger partial charge in [-0.15, -0.1) is 0 Å². The molecule has 0 heterocycles. The summed E-state index contributed by atoms with van der Waals surface area (Å²) in [4.78, 5) is 0. The zero-order valence-corrected chi connectivity index (χ0v) is 16.4. The van der Waals surface area contributed by atoms with E-state index in [1.54, 1.807) is 12.1 Å². The van der Waals surface area contributed by atoms with E-state index in [1.807, 2.05) is 42.5 Å². The first-order valence-electron chi connectivity index (χ1n) is 9.87. The molecule has 4 aromatic carbocycles. The molecule has 0 unspecified atom stereocenters. The lowest BCUT2D eigenvalue weighted by Crippen LogP contribution is -2.18. The van der Waals surface area contributed by atoms with Gasteiger partial charge in [0.05, 0.1) is 0 Å². The van der Waals surface area contributed by atoms with Crippen LogP contribution in [0, 0.1) is 5.82 Å². The van der Waals surface area contributed by atoms with E-state index >= 15 is 0 Å². The van der Waals surface area contributed by atoms with E-state index in [9.17, 15) is 4.39 Å². The van der Waals surface area contributed by atoms with Gasteiger partial charge in [-0.25, -0.2) is 4.39 Å². The Hall–Kier alpha value is -3.17. The van der Waals surface area contributed by atoms with Crippen molar-refractivity contribution in [1.82, 2.24) is 5.32 Å². The van der Waals surface area contributed by atoms with Crippen molar-refractivity contribution in [2.45, 2.75) is 26.1 Å². The van der Waals surface area contributed by atoms with Crippen molar-refractivity contribution in [2.75, 3.05) is 0 Å². The molecule has 29 heavy (non-hydrogen) atoms. The fourth-order valence-electron chi connectivity index (χ4n) is 3.52. The fraction of sp³-hybridized carbons (Fsp3) is 0.154. The summed E-state index contributed by atoms with van der Waals surface area (Å²) in [6.45, 7) is 3.01. The van der Waals surface area contributed by atoms with Gasteiger partial charge in [-0.2, -0.15) is 0 Å². The molecule has 0 saturated carbocycles. The van der Waals surface area contributed by atoms with Gasteiger partial charge in [-0.05, 0) is 35.4 Å². The topological polar surface area (TPSA) is 21.3 Å². The largest absolute Gasteiger partial charge is 0.488 e. The van der Waals surface area contributed by atoms with Crippen LogP contribution in [0.1, 0.15) is 29.7 Å². The third kappa shape index (κ3) is 4.47. The van der Waals surface area contributed by atoms with Crippen LogP contribution in [0.15, 0.2) is 91.0 Å². The molecule has 2 nitrogen and oxygen atoms in total. The van der Waals surface area contributed by atoms with Crippen LogP contribution < -0.4 is 10.1 Å². The number of halogens is 1. The van der Waals surface area contributed by atoms with E-state index in [2.05, 4.69) is 42.6 Å². The molecule has 0 aliphatic rings. The lowest BCUT2D eigenvalue weighted by atomic mass is 10.0. The minimum absolute atomic E-state index is 0.201. The summed E-state index contributed by atoms with van der Waals surface area (Å²) in [5, 5.41) is 5.91. The van der Waals surface area contributed by atoms with Crippen LogP contribution in [-0.2, 0) is 13.2 Å². The van der Waals surface area contributed by atoms with Crippen molar-refractivity contribution in [2.24, 2.45) is 0 Å². The zero-order valence-electron chi connectivity index (χ0n) is 16.4. The molecule has 0 fully saturated rings. The van der Waals surface area contributed by atoms with Crippen LogP contribution in [0.2, 0.25) is 0 Å². The number of nitrogens with one attached hydrogen (secondary N) is 1. The second-order valence-corrected chi connectivity index (χ2v) is 7.16. The van der Waals surface area contributed by atoms with Crippen LogP contribution in [0.25, 0.3) is 10.8 Å². The third-order valence-corrected chi connectivity index (χ3v) is 5.22. The molecule has 0 aromatic heterocycles. The van der Waals surface area contributed by atoms with Gasteiger partial charge in [0.1, 0.15) is 18.2 Å². The monoisotopic (exact) mass is 385 g/mol. The standard InChI is InChI=1S/C26H24FNO/c1-19(20-9-3-2-4-10-20)28-17-24-23-13-7-5-11-21(23)15-16-26(24)29-18-22-12-6-8-14-25(22)27/h2-16,19,28H,17-18H2,1H3/t19-/m1/s1. The highest BCUT2D eigenvalue weighted by molar-refractivity contribution is 5.87. The van der Waals surface area contributed by atoms with Gasteiger partial charge in [-0.1, -0.05) is 78.9 Å². The number of ether oxygens (including phenoxy) is 1. The second kappa shape index (κ2) is 8.89. The molecule has 0 saturated heterocycles. The van der Waals surface area contributed by atoms with Crippen molar-refractivity contribution in [1.29, 1.82) is 0 Å². The first-order valence-corrected chi connectivity index (χ1v) is 9.87. The molecule has 0 amide bonds. The van der Waals surface area contributed by atoms with Crippen molar-refractivity contribution in [3.8, 4) is 5.75 Å². The Morgan fingerprint density at radius 2 is 1.55 bits per heavy atom. The number of rotatable bonds is 7. The van der Waals surface area contributed by atoms with Gasteiger partial charge in [0, 0.05) is 23.7 Å². The summed E-state index contributed by atoms with van der Waals surface area (Å²) in [5.74, 6) is 0.533. The molecule has 4 rings (SSSR count). The maximum atomic E-state index is 14.0. The lowest BCUT2D eigenvalue weighted by molar-refractivity contribution is 0.296. The summed E-state index contributed by atoms with van der Waals surface area (Å²) in [5.41, 5.74) is 2.88. The van der Waals surface area contributed by atoms with Gasteiger partial charge in [0.2, 0.25) is 0 Å². The van der Waals surface area contributed by atoms with Gasteiger partial charge >= 0.3 is 0 Å². The molecule has 0 spiro atoms. The molecule has 4 aromatic rings. The molecule has 0 aliphatic carbocycles. The Labute approximate surface area is 171 Å². The van der Waals surface area contributed by atoms with Crippen molar-refractivity contribution < 1.29 is 9.13 Å². The van der Waals surface area contributed by atoms with Crippen molar-refractivity contribution in [3.05, 3.63) is 114 Å². The number of fused-ring (bicyclic) bond motifs is 1. The first-order chi connectivity index (χ1) is 14.2. The average molecular weight is 385 g/mol. The Kier molecular flexibility index (Phi) is 5.87. The van der Waals surface area contributed by atoms with Gasteiger partial charge in [-0.3, -0.25) is 0 Å². The van der Waals surface area contributed by atoms with E-state index < -0.39 is 0 Å². The van der Waals surface area contributed by atoms with Gasteiger partial charge in [0.25, 0.3) is 0 Å². The van der Waals surface area contributed by atoms with E-state index in [-0.39, 0.29) is 18.5 Å². The molecule has 1 N–H and O–H groups in total. The fourth-order valence-corrected chi connectivity index (χ4v) is 3.52. The van der Waals surface area contributed by atoms with E-state index in [0.717, 1.165) is 22.1 Å². The third-order valence-electron chi connectivity index (χ3n) is 5.22. The minimum Gasteiger partial charge on any atom is -0.488 e. The van der Waals surface area contributed by atoms with Crippen molar-refractivity contribution in [3.63, 3.8) is 0 Å². The van der Waals surface area contributed by atoms with E-state index in [4.69, 9.17) is 4.74 Å². The summed E-state index contributed by atoms with van der Waals surface area (Å²) in [6, 6.07) is 29.6. The summed E-state index contributed by atoms with van der Waals surface area (Å²) in [6.07, 6.45) is 0. The van der Waals surface area contributed by atoms with E-state index in [0.29, 0.717) is 12.1 Å². The number of benzene rings is 4. The Morgan fingerprint density at radius 3 is 2.38 bits per heavy atom. The Morgan fingerprint density at radius 1 is 0.828 bits per heavy atom. The molecule has 0 aliphatic heterocycles. The molecular weight excluding hydrogens is 361 g/mol. The van der Waals surface area contributed by atoms with Crippen molar-refractivity contribution >= 4 is 10.8 Å². The molecule has 0 radical (unpaired) electrons. The minimum atomic E-state index is -0.245. The maximum Gasteiger partial charge on any atom is 0.129 e. The Balaban J connectivity index is 1.59. The van der Waals surface area contributed by atoms with Crippen LogP contribution in [0.4, 0.5) is 4.39 Å². The number of hydrogen-bond donors (Lipinski definition) is 1. The molecule has 0 bridgehead atoms.